The van der Waals surface area contributed by atoms with Crippen LogP contribution in [0.4, 0.5) is 11.4 Å². The lowest BCUT2D eigenvalue weighted by Crippen LogP contribution is -2.22. The van der Waals surface area contributed by atoms with E-state index >= 15 is 0 Å². The Balaban J connectivity index is 1.64. The Bertz CT molecular complexity index is 1060. The van der Waals surface area contributed by atoms with Gasteiger partial charge >= 0.3 is 5.97 Å². The molecule has 0 aliphatic rings. The second-order valence-electron chi connectivity index (χ2n) is 6.76. The first-order valence-electron chi connectivity index (χ1n) is 9.44. The van der Waals surface area contributed by atoms with Crippen molar-refractivity contribution in [2.75, 3.05) is 17.2 Å². The first-order valence-corrected chi connectivity index (χ1v) is 9.44. The van der Waals surface area contributed by atoms with Crippen molar-refractivity contribution in [1.29, 1.82) is 0 Å². The van der Waals surface area contributed by atoms with Crippen molar-refractivity contribution in [2.45, 2.75) is 13.8 Å². The van der Waals surface area contributed by atoms with Crippen LogP contribution in [0.25, 0.3) is 0 Å². The van der Waals surface area contributed by atoms with Gasteiger partial charge in [-0.3, -0.25) is 9.59 Å². The van der Waals surface area contributed by atoms with Crippen molar-refractivity contribution in [1.82, 2.24) is 0 Å². The third kappa shape index (κ3) is 5.11. The van der Waals surface area contributed by atoms with Crippen LogP contribution in [-0.4, -0.2) is 24.4 Å². The maximum absolute atomic E-state index is 12.5. The van der Waals surface area contributed by atoms with Gasteiger partial charge in [-0.25, -0.2) is 4.79 Å². The molecule has 0 aliphatic carbocycles. The number of carbonyl (C=O) groups excluding carboxylic acids is 3. The number of esters is 1. The number of amides is 2. The van der Waals surface area contributed by atoms with E-state index in [9.17, 15) is 14.4 Å². The Hall–Kier alpha value is -3.93. The van der Waals surface area contributed by atoms with E-state index in [1.54, 1.807) is 42.5 Å². The lowest BCUT2D eigenvalue weighted by Gasteiger charge is -2.13. The van der Waals surface area contributed by atoms with Crippen LogP contribution in [0.3, 0.4) is 0 Å². The van der Waals surface area contributed by atoms with E-state index in [-0.39, 0.29) is 11.5 Å². The van der Waals surface area contributed by atoms with E-state index in [1.165, 1.54) is 6.07 Å². The summed E-state index contributed by atoms with van der Waals surface area (Å²) in [6.07, 6.45) is 0. The number of hydrogen-bond acceptors (Lipinski definition) is 4. The summed E-state index contributed by atoms with van der Waals surface area (Å²) in [5.41, 5.74) is 3.49. The van der Waals surface area contributed by atoms with Gasteiger partial charge in [-0.1, -0.05) is 48.5 Å². The van der Waals surface area contributed by atoms with Crippen LogP contribution < -0.4 is 10.6 Å². The summed E-state index contributed by atoms with van der Waals surface area (Å²) >= 11 is 0. The lowest BCUT2D eigenvalue weighted by molar-refractivity contribution is -0.119. The molecule has 0 heterocycles. The molecule has 0 unspecified atom stereocenters. The third-order valence-electron chi connectivity index (χ3n) is 4.51. The molecule has 3 aromatic rings. The molecule has 6 heteroatoms. The summed E-state index contributed by atoms with van der Waals surface area (Å²) in [5.74, 6) is -1.48. The molecule has 152 valence electrons. The minimum absolute atomic E-state index is 0.168. The predicted octanol–water partition coefficient (Wildman–Crippen LogP) is 4.35. The van der Waals surface area contributed by atoms with Crippen LogP contribution in [0.1, 0.15) is 31.8 Å². The Labute approximate surface area is 174 Å². The second-order valence-corrected chi connectivity index (χ2v) is 6.76. The van der Waals surface area contributed by atoms with Gasteiger partial charge in [0, 0.05) is 11.3 Å². The molecule has 2 amide bonds. The molecule has 6 nitrogen and oxygen atoms in total. The molecule has 0 aromatic heterocycles. The van der Waals surface area contributed by atoms with Gasteiger partial charge in [0.05, 0.1) is 11.3 Å². The molecule has 3 rings (SSSR count). The molecule has 3 aromatic carbocycles. The molecule has 0 radical (unpaired) electrons. The largest absolute Gasteiger partial charge is 0.452 e. The smallest absolute Gasteiger partial charge is 0.340 e. The number of ether oxygens (including phenoxy) is 1. The number of para-hydroxylation sites is 2. The van der Waals surface area contributed by atoms with Gasteiger partial charge in [0.25, 0.3) is 11.8 Å². The van der Waals surface area contributed by atoms with Crippen molar-refractivity contribution in [3.05, 3.63) is 95.1 Å². The zero-order chi connectivity index (χ0) is 21.5. The monoisotopic (exact) mass is 402 g/mol. The zero-order valence-corrected chi connectivity index (χ0v) is 16.8. The highest BCUT2D eigenvalue weighted by Gasteiger charge is 2.17. The van der Waals surface area contributed by atoms with Gasteiger partial charge in [0.2, 0.25) is 0 Å². The van der Waals surface area contributed by atoms with E-state index in [0.717, 1.165) is 11.1 Å². The topological polar surface area (TPSA) is 84.5 Å². The third-order valence-corrected chi connectivity index (χ3v) is 4.51. The fraction of sp³-hybridized carbons (Fsp3) is 0.125. The summed E-state index contributed by atoms with van der Waals surface area (Å²) in [5, 5.41) is 5.48. The molecular formula is C24H22N2O4. The van der Waals surface area contributed by atoms with Crippen LogP contribution in [0, 0.1) is 13.8 Å². The highest BCUT2D eigenvalue weighted by molar-refractivity contribution is 6.08. The predicted molar refractivity (Wildman–Crippen MR) is 116 cm³/mol. The van der Waals surface area contributed by atoms with Gasteiger partial charge in [0.1, 0.15) is 0 Å². The Morgan fingerprint density at radius 3 is 2.10 bits per heavy atom. The maximum atomic E-state index is 12.5. The van der Waals surface area contributed by atoms with E-state index in [2.05, 4.69) is 10.6 Å². The van der Waals surface area contributed by atoms with Gasteiger partial charge in [-0.05, 0) is 49.2 Å². The number of hydrogen-bond donors (Lipinski definition) is 2. The van der Waals surface area contributed by atoms with E-state index in [0.29, 0.717) is 16.9 Å². The van der Waals surface area contributed by atoms with Gasteiger partial charge in [0.15, 0.2) is 6.61 Å². The fourth-order valence-electron chi connectivity index (χ4n) is 2.95. The lowest BCUT2D eigenvalue weighted by atomic mass is 10.1. The van der Waals surface area contributed by atoms with E-state index in [1.807, 2.05) is 38.1 Å². The van der Waals surface area contributed by atoms with E-state index < -0.39 is 18.5 Å². The highest BCUT2D eigenvalue weighted by Crippen LogP contribution is 2.20. The summed E-state index contributed by atoms with van der Waals surface area (Å²) < 4.78 is 5.17. The van der Waals surface area contributed by atoms with Crippen LogP contribution in [0.2, 0.25) is 0 Å². The fourth-order valence-corrected chi connectivity index (χ4v) is 2.95. The summed E-state index contributed by atoms with van der Waals surface area (Å²) in [6.45, 7) is 3.34. The number of rotatable bonds is 6. The van der Waals surface area contributed by atoms with Crippen molar-refractivity contribution in [3.63, 3.8) is 0 Å². The minimum atomic E-state index is -0.699. The van der Waals surface area contributed by atoms with Crippen molar-refractivity contribution < 1.29 is 19.1 Å². The van der Waals surface area contributed by atoms with Gasteiger partial charge < -0.3 is 15.4 Å². The van der Waals surface area contributed by atoms with Crippen LogP contribution in [0.15, 0.2) is 72.8 Å². The molecule has 0 saturated carbocycles. The van der Waals surface area contributed by atoms with Gasteiger partial charge in [-0.2, -0.15) is 0 Å². The standard InChI is InChI=1S/C24H22N2O4/c1-16-9-8-10-17(2)22(16)26-21(27)15-30-24(29)19-13-6-7-14-20(19)25-23(28)18-11-4-3-5-12-18/h3-14H,15H2,1-2H3,(H,25,28)(H,26,27). The Morgan fingerprint density at radius 2 is 1.40 bits per heavy atom. The molecule has 0 spiro atoms. The SMILES string of the molecule is Cc1cccc(C)c1NC(=O)COC(=O)c1ccccc1NC(=O)c1ccccc1. The highest BCUT2D eigenvalue weighted by atomic mass is 16.5. The summed E-state index contributed by atoms with van der Waals surface area (Å²) in [4.78, 5) is 37.2. The van der Waals surface area contributed by atoms with E-state index in [4.69, 9.17) is 4.74 Å². The molecule has 30 heavy (non-hydrogen) atoms. The molecule has 0 fully saturated rings. The van der Waals surface area contributed by atoms with Crippen molar-refractivity contribution in [3.8, 4) is 0 Å². The number of benzene rings is 3. The van der Waals surface area contributed by atoms with Crippen LogP contribution >= 0.6 is 0 Å². The average molecular weight is 402 g/mol. The number of nitrogens with one attached hydrogen (secondary N) is 2. The second kappa shape index (κ2) is 9.52. The Kier molecular flexibility index (Phi) is 6.60. The number of aryl methyl sites for hydroxylation is 2. The molecule has 0 aliphatic heterocycles. The molecule has 0 atom stereocenters. The maximum Gasteiger partial charge on any atom is 0.340 e. The Morgan fingerprint density at radius 1 is 0.767 bits per heavy atom. The van der Waals surface area contributed by atoms with Crippen LogP contribution in [-0.2, 0) is 9.53 Å². The first-order chi connectivity index (χ1) is 14.5. The minimum Gasteiger partial charge on any atom is -0.452 e. The normalized spacial score (nSPS) is 10.2. The molecule has 2 N–H and O–H groups in total. The molecular weight excluding hydrogens is 380 g/mol. The van der Waals surface area contributed by atoms with Crippen LogP contribution in [0.5, 0.6) is 0 Å². The first kappa shape index (κ1) is 20.8. The van der Waals surface area contributed by atoms with Crippen molar-refractivity contribution in [2.24, 2.45) is 0 Å². The number of carbonyl (C=O) groups is 3. The molecule has 0 bridgehead atoms. The summed E-state index contributed by atoms with van der Waals surface area (Å²) in [7, 11) is 0. The molecule has 0 saturated heterocycles. The number of anilines is 2. The average Bonchev–Trinajstić information content (AvgIpc) is 2.75. The van der Waals surface area contributed by atoms with Gasteiger partial charge in [-0.15, -0.1) is 0 Å². The van der Waals surface area contributed by atoms with Crippen molar-refractivity contribution >= 4 is 29.2 Å². The zero-order valence-electron chi connectivity index (χ0n) is 16.8. The quantitative estimate of drug-likeness (QED) is 0.601. The summed E-state index contributed by atoms with van der Waals surface area (Å²) in [6, 6.07) is 20.8.